The quantitative estimate of drug-likeness (QED) is 0.324. The molecular formula is C25H29N5O3. The molecule has 4 rings (SSSR count). The average molecular weight is 448 g/mol. The number of aliphatic hydroxyl groups excluding tert-OH is 1. The molecule has 1 saturated heterocycles. The number of nitrogens with zero attached hydrogens (tertiary/aromatic N) is 5. The Labute approximate surface area is 193 Å². The van der Waals surface area contributed by atoms with Crippen molar-refractivity contribution in [2.45, 2.75) is 33.2 Å². The van der Waals surface area contributed by atoms with Crippen LogP contribution >= 0.6 is 0 Å². The molecule has 0 saturated carbocycles. The zero-order valence-corrected chi connectivity index (χ0v) is 19.2. The van der Waals surface area contributed by atoms with Gasteiger partial charge in [-0.25, -0.2) is 4.98 Å². The van der Waals surface area contributed by atoms with Crippen LogP contribution in [0.5, 0.6) is 0 Å². The van der Waals surface area contributed by atoms with Gasteiger partial charge in [-0.2, -0.15) is 0 Å². The maximum atomic E-state index is 13.2. The molecule has 0 radical (unpaired) electrons. The van der Waals surface area contributed by atoms with E-state index in [-0.39, 0.29) is 11.3 Å². The Morgan fingerprint density at radius 3 is 2.64 bits per heavy atom. The van der Waals surface area contributed by atoms with Crippen molar-refractivity contribution in [3.63, 3.8) is 0 Å². The number of hydrogen-bond donors (Lipinski definition) is 1. The van der Waals surface area contributed by atoms with E-state index in [0.717, 1.165) is 26.1 Å². The highest BCUT2D eigenvalue weighted by molar-refractivity contribution is 6.46. The number of carbonyl (C=O) groups is 2. The van der Waals surface area contributed by atoms with Gasteiger partial charge in [-0.15, -0.1) is 0 Å². The molecule has 33 heavy (non-hydrogen) atoms. The number of aromatic nitrogens is 3. The van der Waals surface area contributed by atoms with Crippen LogP contribution in [0, 0.1) is 6.92 Å². The van der Waals surface area contributed by atoms with Crippen LogP contribution in [-0.2, 0) is 9.59 Å². The smallest absolute Gasteiger partial charge is 0.295 e. The van der Waals surface area contributed by atoms with Crippen molar-refractivity contribution in [2.75, 3.05) is 26.2 Å². The minimum atomic E-state index is -0.705. The standard InChI is InChI=1S/C25H29N5O3/c1-4-28(5-2)13-9-15-30-22(18-10-8-12-26-16-18)20(24(32)25(30)33)23(31)21-17(3)27-19-11-6-7-14-29(19)21/h6-8,10-12,14,16,22,31H,4-5,9,13,15H2,1-3H3/b23-20+/t22-/m0/s1. The molecule has 1 aliphatic rings. The van der Waals surface area contributed by atoms with Gasteiger partial charge in [-0.05, 0) is 56.7 Å². The zero-order chi connectivity index (χ0) is 23.5. The SMILES string of the molecule is CCN(CC)CCCN1C(=O)C(=O)/C(=C(/O)c2c(C)nc3ccccn23)[C@@H]1c1cccnc1. The van der Waals surface area contributed by atoms with E-state index in [2.05, 4.69) is 28.7 Å². The second kappa shape index (κ2) is 9.54. The first kappa shape index (κ1) is 22.7. The van der Waals surface area contributed by atoms with Gasteiger partial charge in [-0.3, -0.25) is 19.0 Å². The summed E-state index contributed by atoms with van der Waals surface area (Å²) in [6.07, 6.45) is 5.79. The number of carbonyl (C=O) groups excluding carboxylic acids is 2. The van der Waals surface area contributed by atoms with Gasteiger partial charge in [0, 0.05) is 25.1 Å². The molecule has 1 aliphatic heterocycles. The molecule has 0 bridgehead atoms. The maximum Gasteiger partial charge on any atom is 0.295 e. The van der Waals surface area contributed by atoms with Crippen LogP contribution in [0.2, 0.25) is 0 Å². The Kier molecular flexibility index (Phi) is 6.55. The van der Waals surface area contributed by atoms with E-state index in [9.17, 15) is 14.7 Å². The van der Waals surface area contributed by atoms with E-state index in [1.807, 2.05) is 24.3 Å². The fourth-order valence-electron chi connectivity index (χ4n) is 4.53. The molecule has 8 nitrogen and oxygen atoms in total. The molecular weight excluding hydrogens is 418 g/mol. The highest BCUT2D eigenvalue weighted by Crippen LogP contribution is 2.39. The number of Topliss-reactive ketones (excluding diaryl/α,β-unsaturated/α-hetero) is 1. The van der Waals surface area contributed by atoms with Crippen molar-refractivity contribution in [1.29, 1.82) is 0 Å². The summed E-state index contributed by atoms with van der Waals surface area (Å²) in [5.74, 6) is -1.50. The molecule has 1 N–H and O–H groups in total. The van der Waals surface area contributed by atoms with Crippen LogP contribution in [0.1, 0.15) is 43.3 Å². The highest BCUT2D eigenvalue weighted by atomic mass is 16.3. The van der Waals surface area contributed by atoms with Crippen LogP contribution in [0.3, 0.4) is 0 Å². The van der Waals surface area contributed by atoms with Crippen molar-refractivity contribution in [1.82, 2.24) is 24.2 Å². The molecule has 172 valence electrons. The topological polar surface area (TPSA) is 91.0 Å². The molecule has 0 spiro atoms. The molecule has 1 atom stereocenters. The summed E-state index contributed by atoms with van der Waals surface area (Å²) in [4.78, 5) is 38.9. The number of fused-ring (bicyclic) bond motifs is 1. The van der Waals surface area contributed by atoms with Gasteiger partial charge in [-0.1, -0.05) is 26.0 Å². The monoisotopic (exact) mass is 447 g/mol. The lowest BCUT2D eigenvalue weighted by Crippen LogP contribution is -2.33. The number of rotatable bonds is 8. The molecule has 1 amide bonds. The molecule has 1 fully saturated rings. The molecule has 3 aromatic heterocycles. The second-order valence-corrected chi connectivity index (χ2v) is 8.13. The Morgan fingerprint density at radius 2 is 1.94 bits per heavy atom. The summed E-state index contributed by atoms with van der Waals surface area (Å²) in [6, 6.07) is 8.41. The number of aryl methyl sites for hydroxylation is 1. The summed E-state index contributed by atoms with van der Waals surface area (Å²) in [5.41, 5.74) is 2.41. The molecule has 0 aliphatic carbocycles. The Bertz CT molecular complexity index is 1200. The molecule has 4 heterocycles. The van der Waals surface area contributed by atoms with Crippen LogP contribution in [0.25, 0.3) is 11.4 Å². The number of imidazole rings is 1. The largest absolute Gasteiger partial charge is 0.505 e. The number of pyridine rings is 2. The van der Waals surface area contributed by atoms with E-state index >= 15 is 0 Å². The van der Waals surface area contributed by atoms with Crippen molar-refractivity contribution in [3.8, 4) is 0 Å². The van der Waals surface area contributed by atoms with Crippen LogP contribution in [-0.4, -0.2) is 67.1 Å². The minimum absolute atomic E-state index is 0.0737. The van der Waals surface area contributed by atoms with Crippen LogP contribution in [0.15, 0.2) is 54.5 Å². The predicted octanol–water partition coefficient (Wildman–Crippen LogP) is 3.19. The number of aliphatic hydroxyl groups is 1. The van der Waals surface area contributed by atoms with E-state index in [1.165, 1.54) is 0 Å². The first-order chi connectivity index (χ1) is 16.0. The van der Waals surface area contributed by atoms with Gasteiger partial charge in [0.15, 0.2) is 5.76 Å². The molecule has 0 aromatic carbocycles. The molecule has 8 heteroatoms. The van der Waals surface area contributed by atoms with Gasteiger partial charge >= 0.3 is 0 Å². The Hall–Kier alpha value is -3.52. The lowest BCUT2D eigenvalue weighted by atomic mass is 9.97. The maximum absolute atomic E-state index is 13.2. The summed E-state index contributed by atoms with van der Waals surface area (Å²) in [5, 5.41) is 11.4. The molecule has 3 aromatic rings. The van der Waals surface area contributed by atoms with E-state index < -0.39 is 17.7 Å². The zero-order valence-electron chi connectivity index (χ0n) is 19.2. The fraction of sp³-hybridized carbons (Fsp3) is 0.360. The van der Waals surface area contributed by atoms with Crippen LogP contribution in [0.4, 0.5) is 0 Å². The number of hydrogen-bond acceptors (Lipinski definition) is 6. The second-order valence-electron chi connectivity index (χ2n) is 8.13. The lowest BCUT2D eigenvalue weighted by Gasteiger charge is -2.26. The van der Waals surface area contributed by atoms with Gasteiger partial charge in [0.2, 0.25) is 0 Å². The third kappa shape index (κ3) is 4.14. The van der Waals surface area contributed by atoms with Crippen molar-refractivity contribution in [2.24, 2.45) is 0 Å². The number of amides is 1. The molecule has 0 unspecified atom stereocenters. The normalized spacial score (nSPS) is 18.1. The summed E-state index contributed by atoms with van der Waals surface area (Å²) >= 11 is 0. The third-order valence-corrected chi connectivity index (χ3v) is 6.24. The first-order valence-corrected chi connectivity index (χ1v) is 11.3. The van der Waals surface area contributed by atoms with Crippen LogP contribution < -0.4 is 0 Å². The summed E-state index contributed by atoms with van der Waals surface area (Å²) in [6.45, 7) is 9.06. The summed E-state index contributed by atoms with van der Waals surface area (Å²) < 4.78 is 1.73. The van der Waals surface area contributed by atoms with Gasteiger partial charge < -0.3 is 14.9 Å². The average Bonchev–Trinajstić information content (AvgIpc) is 3.30. The minimum Gasteiger partial charge on any atom is -0.505 e. The first-order valence-electron chi connectivity index (χ1n) is 11.3. The van der Waals surface area contributed by atoms with Gasteiger partial charge in [0.05, 0.1) is 17.3 Å². The van der Waals surface area contributed by atoms with Crippen molar-refractivity contribution >= 4 is 23.1 Å². The third-order valence-electron chi connectivity index (χ3n) is 6.24. The van der Waals surface area contributed by atoms with Gasteiger partial charge in [0.25, 0.3) is 11.7 Å². The predicted molar refractivity (Wildman–Crippen MR) is 126 cm³/mol. The van der Waals surface area contributed by atoms with Crippen molar-refractivity contribution < 1.29 is 14.7 Å². The van der Waals surface area contributed by atoms with E-state index in [1.54, 1.807) is 40.9 Å². The van der Waals surface area contributed by atoms with Gasteiger partial charge in [0.1, 0.15) is 11.3 Å². The number of likely N-dealkylation sites (tertiary alicyclic amines) is 1. The number of ketones is 1. The van der Waals surface area contributed by atoms with E-state index in [0.29, 0.717) is 29.1 Å². The Balaban J connectivity index is 1.80. The fourth-order valence-corrected chi connectivity index (χ4v) is 4.53. The highest BCUT2D eigenvalue weighted by Gasteiger charge is 2.46. The van der Waals surface area contributed by atoms with Crippen molar-refractivity contribution in [3.05, 3.63) is 71.4 Å². The summed E-state index contributed by atoms with van der Waals surface area (Å²) in [7, 11) is 0. The van der Waals surface area contributed by atoms with E-state index in [4.69, 9.17) is 0 Å². The lowest BCUT2D eigenvalue weighted by molar-refractivity contribution is -0.140. The Morgan fingerprint density at radius 1 is 1.15 bits per heavy atom.